The van der Waals surface area contributed by atoms with Gasteiger partial charge < -0.3 is 15.0 Å². The molecule has 0 bridgehead atoms. The molecule has 124 valence electrons. The van der Waals surface area contributed by atoms with Gasteiger partial charge in [0.05, 0.1) is 12.5 Å². The maximum absolute atomic E-state index is 12.3. The van der Waals surface area contributed by atoms with Gasteiger partial charge in [0.25, 0.3) is 0 Å². The summed E-state index contributed by atoms with van der Waals surface area (Å²) in [7, 11) is 1.65. The van der Waals surface area contributed by atoms with E-state index in [1.807, 2.05) is 38.1 Å². The molecular weight excluding hydrogens is 304 g/mol. The Balaban J connectivity index is 2.16. The van der Waals surface area contributed by atoms with Crippen LogP contribution in [0.25, 0.3) is 0 Å². The number of nitrogens with zero attached hydrogens (tertiary/aromatic N) is 3. The number of urea groups is 1. The van der Waals surface area contributed by atoms with Gasteiger partial charge in [0.1, 0.15) is 11.4 Å². The summed E-state index contributed by atoms with van der Waals surface area (Å²) in [5.41, 5.74) is 1.45. The van der Waals surface area contributed by atoms with Crippen LogP contribution in [-0.4, -0.2) is 29.0 Å². The molecule has 1 aromatic carbocycles. The van der Waals surface area contributed by atoms with Crippen molar-refractivity contribution in [3.8, 4) is 17.7 Å². The molecule has 0 spiro atoms. The third-order valence-corrected chi connectivity index (χ3v) is 3.68. The number of hydrogen-bond acceptors (Lipinski definition) is 4. The van der Waals surface area contributed by atoms with Crippen molar-refractivity contribution in [2.75, 3.05) is 12.4 Å². The maximum Gasteiger partial charge on any atom is 0.322 e. The molecule has 0 unspecified atom stereocenters. The van der Waals surface area contributed by atoms with Crippen LogP contribution in [-0.2, 0) is 0 Å². The lowest BCUT2D eigenvalue weighted by Gasteiger charge is -2.23. The van der Waals surface area contributed by atoms with Gasteiger partial charge in [0.2, 0.25) is 5.88 Å². The fourth-order valence-electron chi connectivity index (χ4n) is 2.01. The Bertz CT molecular complexity index is 755. The van der Waals surface area contributed by atoms with Gasteiger partial charge in [0.15, 0.2) is 0 Å². The molecule has 0 aliphatic rings. The van der Waals surface area contributed by atoms with Crippen LogP contribution in [0.5, 0.6) is 11.6 Å². The second-order valence-corrected chi connectivity index (χ2v) is 5.48. The molecule has 0 saturated carbocycles. The average Bonchev–Trinajstić information content (AvgIpc) is 2.58. The summed E-state index contributed by atoms with van der Waals surface area (Å²) < 4.78 is 5.83. The monoisotopic (exact) mass is 324 g/mol. The Morgan fingerprint density at radius 2 is 2.12 bits per heavy atom. The molecule has 0 fully saturated rings. The van der Waals surface area contributed by atoms with E-state index in [0.717, 1.165) is 5.56 Å². The third-order valence-electron chi connectivity index (χ3n) is 3.68. The Morgan fingerprint density at radius 3 is 2.83 bits per heavy atom. The molecular formula is C18H20N4O2. The molecule has 1 aromatic heterocycles. The van der Waals surface area contributed by atoms with Crippen LogP contribution in [0.3, 0.4) is 0 Å². The topological polar surface area (TPSA) is 78.2 Å². The molecule has 6 nitrogen and oxygen atoms in total. The Kier molecular flexibility index (Phi) is 5.74. The number of para-hydroxylation sites is 1. The first-order valence-electron chi connectivity index (χ1n) is 7.62. The molecule has 24 heavy (non-hydrogen) atoms. The van der Waals surface area contributed by atoms with Crippen molar-refractivity contribution in [1.82, 2.24) is 9.88 Å². The number of nitrogens with one attached hydrogen (secondary N) is 1. The number of anilines is 1. The lowest BCUT2D eigenvalue weighted by Crippen LogP contribution is -2.38. The molecule has 0 aliphatic heterocycles. The van der Waals surface area contributed by atoms with Crippen LogP contribution < -0.4 is 10.1 Å². The maximum atomic E-state index is 12.3. The van der Waals surface area contributed by atoms with Crippen molar-refractivity contribution in [3.05, 3.63) is 48.2 Å². The second kappa shape index (κ2) is 7.97. The predicted molar refractivity (Wildman–Crippen MR) is 92.0 cm³/mol. The first kappa shape index (κ1) is 17.3. The lowest BCUT2D eigenvalue weighted by molar-refractivity contribution is 0.208. The van der Waals surface area contributed by atoms with Gasteiger partial charge in [-0.1, -0.05) is 18.2 Å². The zero-order valence-electron chi connectivity index (χ0n) is 14.0. The van der Waals surface area contributed by atoms with Gasteiger partial charge in [-0.05, 0) is 37.6 Å². The highest BCUT2D eigenvalue weighted by Crippen LogP contribution is 2.29. The summed E-state index contributed by atoms with van der Waals surface area (Å²) in [4.78, 5) is 18.0. The predicted octanol–water partition coefficient (Wildman–Crippen LogP) is 3.95. The molecule has 2 amide bonds. The number of carbonyl (C=O) groups is 1. The number of hydrogen-bond donors (Lipinski definition) is 1. The van der Waals surface area contributed by atoms with Crippen LogP contribution in [0.2, 0.25) is 0 Å². The Labute approximate surface area is 141 Å². The second-order valence-electron chi connectivity index (χ2n) is 5.48. The molecule has 2 aromatic rings. The van der Waals surface area contributed by atoms with Crippen molar-refractivity contribution in [2.24, 2.45) is 0 Å². The quantitative estimate of drug-likeness (QED) is 0.903. The van der Waals surface area contributed by atoms with E-state index in [1.54, 1.807) is 25.4 Å². The van der Waals surface area contributed by atoms with E-state index in [0.29, 0.717) is 17.3 Å². The van der Waals surface area contributed by atoms with E-state index in [1.165, 1.54) is 4.90 Å². The molecule has 0 aliphatic carbocycles. The number of ether oxygens (including phenoxy) is 1. The summed E-state index contributed by atoms with van der Waals surface area (Å²) in [6, 6.07) is 12.6. The number of carbonyl (C=O) groups excluding carboxylic acids is 1. The molecule has 6 heteroatoms. The number of aryl methyl sites for hydroxylation is 1. The van der Waals surface area contributed by atoms with Crippen molar-refractivity contribution >= 4 is 11.7 Å². The van der Waals surface area contributed by atoms with Crippen molar-refractivity contribution in [3.63, 3.8) is 0 Å². The summed E-state index contributed by atoms with van der Waals surface area (Å²) >= 11 is 0. The van der Waals surface area contributed by atoms with Crippen LogP contribution in [0.1, 0.15) is 18.9 Å². The summed E-state index contributed by atoms with van der Waals surface area (Å²) in [5, 5.41) is 11.5. The van der Waals surface area contributed by atoms with Crippen molar-refractivity contribution in [1.29, 1.82) is 5.26 Å². The van der Waals surface area contributed by atoms with E-state index < -0.39 is 0 Å². The Morgan fingerprint density at radius 1 is 1.38 bits per heavy atom. The van der Waals surface area contributed by atoms with Crippen LogP contribution in [0.15, 0.2) is 42.6 Å². The molecule has 0 radical (unpaired) electrons. The van der Waals surface area contributed by atoms with E-state index in [2.05, 4.69) is 16.4 Å². The van der Waals surface area contributed by atoms with Gasteiger partial charge in [-0.3, -0.25) is 0 Å². The number of aromatic nitrogens is 1. The third kappa shape index (κ3) is 4.23. The van der Waals surface area contributed by atoms with Gasteiger partial charge in [-0.2, -0.15) is 5.26 Å². The SMILES string of the molecule is Cc1ccccc1Oc1ncccc1NC(=O)N(C)[C@H](C)CC#N. The molecule has 2 rings (SSSR count). The summed E-state index contributed by atoms with van der Waals surface area (Å²) in [6.45, 7) is 3.75. The molecule has 1 heterocycles. The normalized spacial score (nSPS) is 11.2. The van der Waals surface area contributed by atoms with Crippen LogP contribution in [0.4, 0.5) is 10.5 Å². The largest absolute Gasteiger partial charge is 0.437 e. The van der Waals surface area contributed by atoms with Crippen molar-refractivity contribution in [2.45, 2.75) is 26.3 Å². The number of pyridine rings is 1. The minimum Gasteiger partial charge on any atom is -0.437 e. The first-order chi connectivity index (χ1) is 11.5. The van der Waals surface area contributed by atoms with Crippen LogP contribution >= 0.6 is 0 Å². The van der Waals surface area contributed by atoms with Gasteiger partial charge in [-0.25, -0.2) is 9.78 Å². The summed E-state index contributed by atoms with van der Waals surface area (Å²) in [5.74, 6) is 0.999. The molecule has 1 N–H and O–H groups in total. The smallest absolute Gasteiger partial charge is 0.322 e. The van der Waals surface area contributed by atoms with E-state index in [-0.39, 0.29) is 18.5 Å². The van der Waals surface area contributed by atoms with Gasteiger partial charge >= 0.3 is 6.03 Å². The van der Waals surface area contributed by atoms with E-state index in [4.69, 9.17) is 10.00 Å². The lowest BCUT2D eigenvalue weighted by atomic mass is 10.2. The number of amides is 2. The van der Waals surface area contributed by atoms with Crippen molar-refractivity contribution < 1.29 is 9.53 Å². The van der Waals surface area contributed by atoms with Gasteiger partial charge in [0, 0.05) is 19.3 Å². The zero-order valence-corrected chi connectivity index (χ0v) is 14.0. The fourth-order valence-corrected chi connectivity index (χ4v) is 2.01. The number of nitriles is 1. The Hall–Kier alpha value is -3.07. The van der Waals surface area contributed by atoms with E-state index in [9.17, 15) is 4.79 Å². The number of rotatable bonds is 5. The zero-order chi connectivity index (χ0) is 17.5. The van der Waals surface area contributed by atoms with Crippen LogP contribution in [0, 0.1) is 18.3 Å². The molecule has 0 saturated heterocycles. The van der Waals surface area contributed by atoms with E-state index >= 15 is 0 Å². The standard InChI is InChI=1S/C18H20N4O2/c1-13-7-4-5-9-16(13)24-17-15(8-6-12-20-17)21-18(23)22(3)14(2)10-11-19/h4-9,12,14H,10H2,1-3H3,(H,21,23)/t14-/m1/s1. The molecule has 1 atom stereocenters. The average molecular weight is 324 g/mol. The highest BCUT2D eigenvalue weighted by molar-refractivity contribution is 5.90. The fraction of sp³-hybridized carbons (Fsp3) is 0.278. The first-order valence-corrected chi connectivity index (χ1v) is 7.62. The minimum atomic E-state index is -0.319. The van der Waals surface area contributed by atoms with Gasteiger partial charge in [-0.15, -0.1) is 0 Å². The highest BCUT2D eigenvalue weighted by atomic mass is 16.5. The minimum absolute atomic E-state index is 0.188. The highest BCUT2D eigenvalue weighted by Gasteiger charge is 2.17. The number of benzene rings is 1. The summed E-state index contributed by atoms with van der Waals surface area (Å²) in [6.07, 6.45) is 1.87.